The number of rotatable bonds is 12. The Morgan fingerprint density at radius 1 is 0.756 bits per heavy atom. The van der Waals surface area contributed by atoms with Crippen LogP contribution >= 0.6 is 0 Å². The summed E-state index contributed by atoms with van der Waals surface area (Å²) in [6.45, 7) is 0.363. The van der Waals surface area contributed by atoms with Crippen LogP contribution in [0.25, 0.3) is 0 Å². The number of hydrogen-bond donors (Lipinski definition) is 1. The molecule has 0 aliphatic rings. The zero-order valence-electron chi connectivity index (χ0n) is 23.3. The summed E-state index contributed by atoms with van der Waals surface area (Å²) in [4.78, 5) is 29.4. The Morgan fingerprint density at radius 3 is 2.02 bits per heavy atom. The molecular weight excluding hydrogens is 523 g/mol. The molecule has 0 unspecified atom stereocenters. The molecular formula is C33H33FN2O5. The highest BCUT2D eigenvalue weighted by Crippen LogP contribution is 2.29. The van der Waals surface area contributed by atoms with E-state index in [4.69, 9.17) is 14.2 Å². The highest BCUT2D eigenvalue weighted by Gasteiger charge is 2.31. The Morgan fingerprint density at radius 2 is 1.39 bits per heavy atom. The molecule has 8 heteroatoms. The fourth-order valence-corrected chi connectivity index (χ4v) is 4.51. The minimum absolute atomic E-state index is 0.0106. The quantitative estimate of drug-likeness (QED) is 0.250. The average Bonchev–Trinajstić information content (AvgIpc) is 3.01. The first kappa shape index (κ1) is 29.1. The lowest BCUT2D eigenvalue weighted by Crippen LogP contribution is -2.43. The maximum absolute atomic E-state index is 14.0. The Balaban J connectivity index is 1.67. The Labute approximate surface area is 239 Å². The number of nitrogens with one attached hydrogen (secondary N) is 1. The SMILES string of the molecule is COc1ccc(CNC(=O)[C@H](c2ccccc2)N(Cc2ccc(F)cc2)C(=O)Cc2ccc(OC)c(OC)c2)cc1. The number of carbonyl (C=O) groups excluding carboxylic acids is 2. The third kappa shape index (κ3) is 7.63. The lowest BCUT2D eigenvalue weighted by atomic mass is 10.0. The fraction of sp³-hybridized carbons (Fsp3) is 0.212. The third-order valence-electron chi connectivity index (χ3n) is 6.69. The monoisotopic (exact) mass is 556 g/mol. The second-order valence-corrected chi connectivity index (χ2v) is 9.39. The maximum Gasteiger partial charge on any atom is 0.247 e. The number of halogens is 1. The van der Waals surface area contributed by atoms with Gasteiger partial charge in [-0.05, 0) is 58.7 Å². The molecule has 4 aromatic rings. The van der Waals surface area contributed by atoms with Crippen LogP contribution in [-0.4, -0.2) is 38.0 Å². The van der Waals surface area contributed by atoms with Gasteiger partial charge in [0.2, 0.25) is 11.8 Å². The van der Waals surface area contributed by atoms with E-state index in [0.717, 1.165) is 5.56 Å². The molecule has 41 heavy (non-hydrogen) atoms. The van der Waals surface area contributed by atoms with Crippen molar-refractivity contribution in [2.24, 2.45) is 0 Å². The summed E-state index contributed by atoms with van der Waals surface area (Å²) >= 11 is 0. The second-order valence-electron chi connectivity index (χ2n) is 9.39. The van der Waals surface area contributed by atoms with Crippen molar-refractivity contribution < 1.29 is 28.2 Å². The van der Waals surface area contributed by atoms with Gasteiger partial charge in [0.15, 0.2) is 11.5 Å². The number of methoxy groups -OCH3 is 3. The molecule has 1 N–H and O–H groups in total. The fourth-order valence-electron chi connectivity index (χ4n) is 4.51. The van der Waals surface area contributed by atoms with Gasteiger partial charge >= 0.3 is 0 Å². The molecule has 0 saturated heterocycles. The van der Waals surface area contributed by atoms with Crippen molar-refractivity contribution in [1.29, 1.82) is 0 Å². The topological polar surface area (TPSA) is 77.1 Å². The number of ether oxygens (including phenoxy) is 3. The zero-order valence-corrected chi connectivity index (χ0v) is 23.3. The normalized spacial score (nSPS) is 11.3. The molecule has 0 saturated carbocycles. The molecule has 0 spiro atoms. The van der Waals surface area contributed by atoms with E-state index in [1.165, 1.54) is 24.1 Å². The molecule has 4 aromatic carbocycles. The molecule has 0 bridgehead atoms. The number of benzene rings is 4. The van der Waals surface area contributed by atoms with Gasteiger partial charge in [0.05, 0.1) is 27.8 Å². The van der Waals surface area contributed by atoms with Crippen LogP contribution in [0.15, 0.2) is 97.1 Å². The van der Waals surface area contributed by atoms with Crippen LogP contribution in [0.5, 0.6) is 17.2 Å². The average molecular weight is 557 g/mol. The van der Waals surface area contributed by atoms with Gasteiger partial charge in [0.25, 0.3) is 0 Å². The summed E-state index contributed by atoms with van der Waals surface area (Å²) < 4.78 is 29.6. The summed E-state index contributed by atoms with van der Waals surface area (Å²) in [5.74, 6) is 0.763. The number of hydrogen-bond acceptors (Lipinski definition) is 5. The molecule has 212 valence electrons. The Hall–Kier alpha value is -4.85. The van der Waals surface area contributed by atoms with Crippen LogP contribution in [-0.2, 0) is 29.1 Å². The Bertz CT molecular complexity index is 1440. The number of nitrogens with zero attached hydrogens (tertiary/aromatic N) is 1. The highest BCUT2D eigenvalue weighted by molar-refractivity contribution is 5.89. The minimum atomic E-state index is -0.938. The first-order chi connectivity index (χ1) is 19.9. The van der Waals surface area contributed by atoms with Crippen molar-refractivity contribution >= 4 is 11.8 Å². The maximum atomic E-state index is 14.0. The van der Waals surface area contributed by atoms with Crippen LogP contribution in [0.1, 0.15) is 28.3 Å². The van der Waals surface area contributed by atoms with Gasteiger partial charge < -0.3 is 24.4 Å². The molecule has 0 aromatic heterocycles. The van der Waals surface area contributed by atoms with E-state index in [1.54, 1.807) is 44.6 Å². The molecule has 0 heterocycles. The van der Waals surface area contributed by atoms with E-state index in [2.05, 4.69) is 5.32 Å². The largest absolute Gasteiger partial charge is 0.497 e. The van der Waals surface area contributed by atoms with E-state index >= 15 is 0 Å². The van der Waals surface area contributed by atoms with Crippen LogP contribution in [0, 0.1) is 5.82 Å². The van der Waals surface area contributed by atoms with Gasteiger partial charge in [-0.25, -0.2) is 4.39 Å². The molecule has 2 amide bonds. The zero-order chi connectivity index (χ0) is 29.2. The van der Waals surface area contributed by atoms with E-state index < -0.39 is 6.04 Å². The van der Waals surface area contributed by atoms with Crippen molar-refractivity contribution in [3.8, 4) is 17.2 Å². The molecule has 0 radical (unpaired) electrons. The highest BCUT2D eigenvalue weighted by atomic mass is 19.1. The van der Waals surface area contributed by atoms with Crippen LogP contribution < -0.4 is 19.5 Å². The number of amides is 2. The van der Waals surface area contributed by atoms with Crippen LogP contribution in [0.2, 0.25) is 0 Å². The van der Waals surface area contributed by atoms with Gasteiger partial charge in [0, 0.05) is 13.1 Å². The molecule has 0 aliphatic heterocycles. The van der Waals surface area contributed by atoms with Gasteiger partial charge in [-0.15, -0.1) is 0 Å². The van der Waals surface area contributed by atoms with Crippen molar-refractivity contribution in [2.75, 3.05) is 21.3 Å². The summed E-state index contributed by atoms with van der Waals surface area (Å²) in [5.41, 5.74) is 2.92. The van der Waals surface area contributed by atoms with Gasteiger partial charge in [0.1, 0.15) is 17.6 Å². The molecule has 0 fully saturated rings. The van der Waals surface area contributed by atoms with Gasteiger partial charge in [-0.3, -0.25) is 9.59 Å². The molecule has 1 atom stereocenters. The van der Waals surface area contributed by atoms with Crippen molar-refractivity contribution in [3.63, 3.8) is 0 Å². The lowest BCUT2D eigenvalue weighted by molar-refractivity contribution is -0.141. The molecule has 0 aliphatic carbocycles. The first-order valence-corrected chi connectivity index (χ1v) is 13.1. The summed E-state index contributed by atoms with van der Waals surface area (Å²) in [7, 11) is 4.67. The van der Waals surface area contributed by atoms with Gasteiger partial charge in [-0.2, -0.15) is 0 Å². The van der Waals surface area contributed by atoms with Crippen molar-refractivity contribution in [3.05, 3.63) is 125 Å². The summed E-state index contributed by atoms with van der Waals surface area (Å²) in [6, 6.07) is 26.8. The lowest BCUT2D eigenvalue weighted by Gasteiger charge is -2.32. The Kier molecular flexibility index (Phi) is 9.94. The van der Waals surface area contributed by atoms with Crippen molar-refractivity contribution in [2.45, 2.75) is 25.6 Å². The molecule has 7 nitrogen and oxygen atoms in total. The first-order valence-electron chi connectivity index (χ1n) is 13.1. The van der Waals surface area contributed by atoms with Crippen LogP contribution in [0.3, 0.4) is 0 Å². The van der Waals surface area contributed by atoms with Crippen LogP contribution in [0.4, 0.5) is 4.39 Å². The second kappa shape index (κ2) is 14.0. The third-order valence-corrected chi connectivity index (χ3v) is 6.69. The van der Waals surface area contributed by atoms with Crippen molar-refractivity contribution in [1.82, 2.24) is 10.2 Å². The standard InChI is InChI=1S/C33H33FN2O5/c1-39-28-16-11-23(12-17-28)21-35-33(38)32(26-7-5-4-6-8-26)36(22-24-9-14-27(34)15-10-24)31(37)20-25-13-18-29(40-2)30(19-25)41-3/h4-19,32H,20-22H2,1-3H3,(H,35,38)/t32-/m0/s1. The predicted octanol–water partition coefficient (Wildman–Crippen LogP) is 5.48. The summed E-state index contributed by atoms with van der Waals surface area (Å²) in [5, 5.41) is 2.99. The van der Waals surface area contributed by atoms with E-state index in [9.17, 15) is 14.0 Å². The van der Waals surface area contributed by atoms with E-state index in [0.29, 0.717) is 33.9 Å². The number of carbonyl (C=O) groups is 2. The summed E-state index contributed by atoms with van der Waals surface area (Å²) in [6.07, 6.45) is 0.0106. The van der Waals surface area contributed by atoms with Gasteiger partial charge in [-0.1, -0.05) is 60.7 Å². The smallest absolute Gasteiger partial charge is 0.247 e. The van der Waals surface area contributed by atoms with E-state index in [1.807, 2.05) is 54.6 Å². The minimum Gasteiger partial charge on any atom is -0.497 e. The molecule has 4 rings (SSSR count). The van der Waals surface area contributed by atoms with E-state index in [-0.39, 0.29) is 37.1 Å². The predicted molar refractivity (Wildman–Crippen MR) is 154 cm³/mol.